The second kappa shape index (κ2) is 3.98. The lowest BCUT2D eigenvalue weighted by atomic mass is 10.5. The first-order chi connectivity index (χ1) is 7.15. The lowest BCUT2D eigenvalue weighted by Crippen LogP contribution is -1.93. The summed E-state index contributed by atoms with van der Waals surface area (Å²) in [6, 6.07) is 0.323. The van der Waals surface area contributed by atoms with E-state index in [-0.39, 0.29) is 0 Å². The highest BCUT2D eigenvalue weighted by Crippen LogP contribution is 2.19. The Bertz CT molecular complexity index is 483. The maximum atomic E-state index is 5.41. The van der Waals surface area contributed by atoms with E-state index in [1.54, 1.807) is 23.3 Å². The molecule has 5 nitrogen and oxygen atoms in total. The predicted molar refractivity (Wildman–Crippen MR) is 57.8 cm³/mol. The van der Waals surface area contributed by atoms with Gasteiger partial charge in [-0.15, -0.1) is 0 Å². The molecule has 0 aliphatic rings. The third kappa shape index (κ3) is 2.33. The lowest BCUT2D eigenvalue weighted by molar-refractivity contribution is 0.439. The summed E-state index contributed by atoms with van der Waals surface area (Å²) in [5.41, 5.74) is 0.837. The second-order valence-electron chi connectivity index (χ2n) is 3.04. The molecule has 0 bridgehead atoms. The van der Waals surface area contributed by atoms with Gasteiger partial charge in [-0.3, -0.25) is 4.68 Å². The molecule has 78 valence electrons. The number of aromatic nitrogens is 4. The van der Waals surface area contributed by atoms with Crippen molar-refractivity contribution in [2.45, 2.75) is 6.92 Å². The van der Waals surface area contributed by atoms with E-state index in [0.717, 1.165) is 10.2 Å². The Balaban J connectivity index is 2.21. The Kier molecular flexibility index (Phi) is 2.68. The van der Waals surface area contributed by atoms with Crippen LogP contribution in [0, 0.1) is 6.92 Å². The normalized spacial score (nSPS) is 10.3. The first kappa shape index (κ1) is 10.1. The Morgan fingerprint density at radius 2 is 2.20 bits per heavy atom. The number of rotatable bonds is 2. The minimum atomic E-state index is 0.323. The molecule has 0 spiro atoms. The fourth-order valence-corrected chi connectivity index (χ4v) is 1.23. The molecule has 2 rings (SSSR count). The monoisotopic (exact) mass is 268 g/mol. The van der Waals surface area contributed by atoms with Crippen LogP contribution in [0.2, 0.25) is 0 Å². The number of nitrogens with zero attached hydrogens (tertiary/aromatic N) is 4. The largest absolute Gasteiger partial charge is 0.421 e. The van der Waals surface area contributed by atoms with Crippen molar-refractivity contribution in [2.75, 3.05) is 0 Å². The van der Waals surface area contributed by atoms with Crippen molar-refractivity contribution in [2.24, 2.45) is 7.05 Å². The first-order valence-corrected chi connectivity index (χ1v) is 5.10. The molecule has 0 aliphatic heterocycles. The van der Waals surface area contributed by atoms with Crippen molar-refractivity contribution in [3.05, 3.63) is 28.8 Å². The maximum absolute atomic E-state index is 5.41. The molecular weight excluding hydrogens is 260 g/mol. The molecule has 0 amide bonds. The van der Waals surface area contributed by atoms with Crippen molar-refractivity contribution < 1.29 is 4.74 Å². The van der Waals surface area contributed by atoms with Crippen LogP contribution >= 0.6 is 15.9 Å². The molecule has 0 saturated carbocycles. The molecule has 0 atom stereocenters. The van der Waals surface area contributed by atoms with Crippen LogP contribution < -0.4 is 4.74 Å². The van der Waals surface area contributed by atoms with Crippen LogP contribution in [0.1, 0.15) is 5.69 Å². The Labute approximate surface area is 95.2 Å². The minimum absolute atomic E-state index is 0.323. The van der Waals surface area contributed by atoms with Crippen molar-refractivity contribution >= 4 is 15.9 Å². The van der Waals surface area contributed by atoms with E-state index in [0.29, 0.717) is 11.8 Å². The second-order valence-corrected chi connectivity index (χ2v) is 3.89. The molecule has 0 aliphatic carbocycles. The van der Waals surface area contributed by atoms with Crippen molar-refractivity contribution in [3.8, 4) is 11.8 Å². The van der Waals surface area contributed by atoms with Crippen LogP contribution in [0.5, 0.6) is 11.8 Å². The Morgan fingerprint density at radius 1 is 1.40 bits per heavy atom. The zero-order valence-corrected chi connectivity index (χ0v) is 9.89. The zero-order chi connectivity index (χ0) is 10.8. The summed E-state index contributed by atoms with van der Waals surface area (Å²) in [6.45, 7) is 1.88. The van der Waals surface area contributed by atoms with E-state index in [1.165, 1.54) is 0 Å². The van der Waals surface area contributed by atoms with Gasteiger partial charge in [-0.2, -0.15) is 10.1 Å². The molecule has 0 unspecified atom stereocenters. The molecule has 0 N–H and O–H groups in total. The van der Waals surface area contributed by atoms with E-state index in [4.69, 9.17) is 4.74 Å². The Morgan fingerprint density at radius 3 is 2.80 bits per heavy atom. The van der Waals surface area contributed by atoms with Gasteiger partial charge in [0.15, 0.2) is 5.75 Å². The summed E-state index contributed by atoms with van der Waals surface area (Å²) < 4.78 is 7.92. The van der Waals surface area contributed by atoms with Crippen LogP contribution in [0.4, 0.5) is 0 Å². The van der Waals surface area contributed by atoms with Gasteiger partial charge in [0.05, 0.1) is 22.6 Å². The highest BCUT2D eigenvalue weighted by molar-refractivity contribution is 9.10. The van der Waals surface area contributed by atoms with Crippen LogP contribution in [0.3, 0.4) is 0 Å². The standard InChI is InChI=1S/C9H9BrN4O/c1-6-8(10)4-11-9(13-6)15-7-3-12-14(2)5-7/h3-5H,1-2H3. The number of aryl methyl sites for hydroxylation is 2. The molecule has 0 fully saturated rings. The van der Waals surface area contributed by atoms with Gasteiger partial charge in [0.2, 0.25) is 0 Å². The molecule has 0 saturated heterocycles. The summed E-state index contributed by atoms with van der Waals surface area (Å²) >= 11 is 3.32. The quantitative estimate of drug-likeness (QED) is 0.837. The van der Waals surface area contributed by atoms with E-state index in [1.807, 2.05) is 14.0 Å². The van der Waals surface area contributed by atoms with Gasteiger partial charge in [0.1, 0.15) is 0 Å². The summed E-state index contributed by atoms with van der Waals surface area (Å²) in [7, 11) is 1.82. The fraction of sp³-hybridized carbons (Fsp3) is 0.222. The van der Waals surface area contributed by atoms with Crippen LogP contribution in [-0.4, -0.2) is 19.7 Å². The summed E-state index contributed by atoms with van der Waals surface area (Å²) in [5, 5.41) is 3.98. The van der Waals surface area contributed by atoms with Crippen molar-refractivity contribution in [3.63, 3.8) is 0 Å². The average molecular weight is 269 g/mol. The number of halogens is 1. The minimum Gasteiger partial charge on any atom is -0.421 e. The summed E-state index contributed by atoms with van der Waals surface area (Å²) in [5.74, 6) is 0.624. The van der Waals surface area contributed by atoms with E-state index in [9.17, 15) is 0 Å². The number of hydrogen-bond acceptors (Lipinski definition) is 4. The van der Waals surface area contributed by atoms with Crippen LogP contribution in [-0.2, 0) is 7.05 Å². The average Bonchev–Trinajstić information content (AvgIpc) is 2.58. The maximum Gasteiger partial charge on any atom is 0.322 e. The lowest BCUT2D eigenvalue weighted by Gasteiger charge is -2.01. The fourth-order valence-electron chi connectivity index (χ4n) is 1.04. The van der Waals surface area contributed by atoms with Gasteiger partial charge >= 0.3 is 6.01 Å². The van der Waals surface area contributed by atoms with Crippen LogP contribution in [0.25, 0.3) is 0 Å². The first-order valence-electron chi connectivity index (χ1n) is 4.31. The molecule has 15 heavy (non-hydrogen) atoms. The third-order valence-corrected chi connectivity index (χ3v) is 2.57. The predicted octanol–water partition coefficient (Wildman–Crippen LogP) is 2.07. The molecule has 2 aromatic heterocycles. The van der Waals surface area contributed by atoms with Gasteiger partial charge in [0, 0.05) is 13.2 Å². The van der Waals surface area contributed by atoms with Crippen LogP contribution in [0.15, 0.2) is 23.1 Å². The van der Waals surface area contributed by atoms with E-state index < -0.39 is 0 Å². The van der Waals surface area contributed by atoms with Gasteiger partial charge in [-0.1, -0.05) is 0 Å². The molecular formula is C9H9BrN4O. The highest BCUT2D eigenvalue weighted by atomic mass is 79.9. The molecule has 0 radical (unpaired) electrons. The van der Waals surface area contributed by atoms with Gasteiger partial charge in [-0.05, 0) is 22.9 Å². The summed E-state index contributed by atoms with van der Waals surface area (Å²) in [4.78, 5) is 8.19. The molecule has 6 heteroatoms. The SMILES string of the molecule is Cc1nc(Oc2cnn(C)c2)ncc1Br. The smallest absolute Gasteiger partial charge is 0.322 e. The van der Waals surface area contributed by atoms with Crippen molar-refractivity contribution in [1.29, 1.82) is 0 Å². The van der Waals surface area contributed by atoms with Crippen molar-refractivity contribution in [1.82, 2.24) is 19.7 Å². The Hall–Kier alpha value is -1.43. The van der Waals surface area contributed by atoms with Gasteiger partial charge in [-0.25, -0.2) is 4.98 Å². The number of ether oxygens (including phenoxy) is 1. The number of hydrogen-bond donors (Lipinski definition) is 0. The summed E-state index contributed by atoms with van der Waals surface area (Å²) in [6.07, 6.45) is 5.02. The van der Waals surface area contributed by atoms with Gasteiger partial charge < -0.3 is 4.74 Å². The molecule has 0 aromatic carbocycles. The topological polar surface area (TPSA) is 52.8 Å². The molecule has 2 heterocycles. The van der Waals surface area contributed by atoms with E-state index in [2.05, 4.69) is 31.0 Å². The zero-order valence-electron chi connectivity index (χ0n) is 8.31. The third-order valence-electron chi connectivity index (χ3n) is 1.79. The highest BCUT2D eigenvalue weighted by Gasteiger charge is 2.04. The van der Waals surface area contributed by atoms with Gasteiger partial charge in [0.25, 0.3) is 0 Å². The van der Waals surface area contributed by atoms with E-state index >= 15 is 0 Å². The molecule has 2 aromatic rings.